The summed E-state index contributed by atoms with van der Waals surface area (Å²) in [5.74, 6) is -1.73. The van der Waals surface area contributed by atoms with Gasteiger partial charge in [0, 0.05) is 11.8 Å². The van der Waals surface area contributed by atoms with Crippen molar-refractivity contribution in [2.75, 3.05) is 12.4 Å². The van der Waals surface area contributed by atoms with Gasteiger partial charge in [-0.15, -0.1) is 11.8 Å². The molecule has 0 bridgehead atoms. The van der Waals surface area contributed by atoms with Gasteiger partial charge >= 0.3 is 5.97 Å². The van der Waals surface area contributed by atoms with Gasteiger partial charge in [-0.25, -0.2) is 13.6 Å². The summed E-state index contributed by atoms with van der Waals surface area (Å²) in [6.07, 6.45) is -0.141. The summed E-state index contributed by atoms with van der Waals surface area (Å²) < 4.78 is 31.2. The molecule has 2 rings (SSSR count). The van der Waals surface area contributed by atoms with Gasteiger partial charge in [0.1, 0.15) is 11.6 Å². The van der Waals surface area contributed by atoms with Crippen molar-refractivity contribution in [3.8, 4) is 0 Å². The van der Waals surface area contributed by atoms with Crippen LogP contribution in [0.3, 0.4) is 0 Å². The first-order valence-corrected chi connectivity index (χ1v) is 8.49. The number of hydrogen-bond donors (Lipinski definition) is 1. The number of nitrogens with one attached hydrogen (secondary N) is 1. The molecule has 24 heavy (non-hydrogen) atoms. The van der Waals surface area contributed by atoms with Crippen LogP contribution in [0.2, 0.25) is 0 Å². The summed E-state index contributed by atoms with van der Waals surface area (Å²) in [7, 11) is 0. The van der Waals surface area contributed by atoms with Gasteiger partial charge in [-0.05, 0) is 31.5 Å². The Morgan fingerprint density at radius 2 is 2.04 bits per heavy atom. The van der Waals surface area contributed by atoms with Gasteiger partial charge in [0.25, 0.3) is 0 Å². The van der Waals surface area contributed by atoms with Crippen molar-refractivity contribution in [2.24, 2.45) is 4.99 Å². The molecule has 1 aliphatic heterocycles. The monoisotopic (exact) mass is 356 g/mol. The molecular weight excluding hydrogens is 338 g/mol. The number of thioether (sulfide) groups is 1. The van der Waals surface area contributed by atoms with E-state index in [1.54, 1.807) is 13.8 Å². The predicted molar refractivity (Wildman–Crippen MR) is 88.0 cm³/mol. The minimum Gasteiger partial charge on any atom is -0.464 e. The highest BCUT2D eigenvalue weighted by molar-refractivity contribution is 8.14. The fourth-order valence-electron chi connectivity index (χ4n) is 2.24. The van der Waals surface area contributed by atoms with E-state index in [2.05, 4.69) is 10.3 Å². The largest absolute Gasteiger partial charge is 0.464 e. The van der Waals surface area contributed by atoms with Gasteiger partial charge < -0.3 is 10.1 Å². The molecule has 0 saturated heterocycles. The number of hydrogen-bond acceptors (Lipinski definition) is 5. The molecule has 0 fully saturated rings. The van der Waals surface area contributed by atoms with E-state index < -0.39 is 17.7 Å². The van der Waals surface area contributed by atoms with Gasteiger partial charge in [-0.1, -0.05) is 0 Å². The van der Waals surface area contributed by atoms with Crippen molar-refractivity contribution in [3.63, 3.8) is 0 Å². The van der Waals surface area contributed by atoms with Crippen LogP contribution < -0.4 is 5.32 Å². The van der Waals surface area contributed by atoms with Crippen LogP contribution in [0, 0.1) is 11.6 Å². The molecule has 1 aromatic rings. The molecule has 2 atom stereocenters. The van der Waals surface area contributed by atoms with Crippen molar-refractivity contribution in [1.29, 1.82) is 0 Å². The summed E-state index contributed by atoms with van der Waals surface area (Å²) >= 11 is 1.38. The number of halogens is 2. The summed E-state index contributed by atoms with van der Waals surface area (Å²) in [6.45, 7) is 3.76. The van der Waals surface area contributed by atoms with E-state index in [1.807, 2.05) is 0 Å². The van der Waals surface area contributed by atoms with Crippen LogP contribution in [0.1, 0.15) is 19.4 Å². The fraction of sp³-hybridized carbons (Fsp3) is 0.438. The maximum absolute atomic E-state index is 13.1. The molecule has 0 saturated carbocycles. The number of benzene rings is 1. The highest BCUT2D eigenvalue weighted by Gasteiger charge is 2.29. The van der Waals surface area contributed by atoms with Crippen LogP contribution in [0.4, 0.5) is 8.78 Å². The Balaban J connectivity index is 1.92. The van der Waals surface area contributed by atoms with Crippen molar-refractivity contribution < 1.29 is 23.1 Å². The second kappa shape index (κ2) is 8.23. The first-order valence-electron chi connectivity index (χ1n) is 7.50. The Bertz CT molecular complexity index is 646. The molecule has 1 amide bonds. The first kappa shape index (κ1) is 18.4. The Hall–Kier alpha value is -1.96. The Kier molecular flexibility index (Phi) is 6.30. The van der Waals surface area contributed by atoms with Gasteiger partial charge in [0.15, 0.2) is 6.04 Å². The lowest BCUT2D eigenvalue weighted by Gasteiger charge is -2.13. The fourth-order valence-corrected chi connectivity index (χ4v) is 3.29. The molecule has 0 aromatic heterocycles. The summed E-state index contributed by atoms with van der Waals surface area (Å²) in [5.41, 5.74) is 0.252. The number of nitrogens with zero attached hydrogens (tertiary/aromatic N) is 1. The number of amides is 1. The second-order valence-electron chi connectivity index (χ2n) is 5.29. The average Bonchev–Trinajstić information content (AvgIpc) is 2.96. The van der Waals surface area contributed by atoms with E-state index in [1.165, 1.54) is 11.8 Å². The molecule has 0 radical (unpaired) electrons. The lowest BCUT2D eigenvalue weighted by atomic mass is 10.1. The molecule has 5 nitrogen and oxygen atoms in total. The smallest absolute Gasteiger partial charge is 0.331 e. The van der Waals surface area contributed by atoms with Crippen LogP contribution >= 0.6 is 11.8 Å². The van der Waals surface area contributed by atoms with Crippen molar-refractivity contribution in [3.05, 3.63) is 35.4 Å². The van der Waals surface area contributed by atoms with E-state index in [0.717, 1.165) is 18.2 Å². The zero-order valence-corrected chi connectivity index (χ0v) is 14.2. The lowest BCUT2D eigenvalue weighted by Crippen LogP contribution is -2.37. The van der Waals surface area contributed by atoms with Crippen LogP contribution in [0.5, 0.6) is 0 Å². The van der Waals surface area contributed by atoms with Crippen molar-refractivity contribution in [1.82, 2.24) is 5.32 Å². The topological polar surface area (TPSA) is 67.8 Å². The third kappa shape index (κ3) is 5.02. The van der Waals surface area contributed by atoms with Crippen molar-refractivity contribution >= 4 is 28.7 Å². The van der Waals surface area contributed by atoms with E-state index in [-0.39, 0.29) is 29.9 Å². The SMILES string of the molecule is CCOC(=O)[C@H]1CSC(C(C)NC(=O)Cc2cc(F)cc(F)c2)=N1. The van der Waals surface area contributed by atoms with Gasteiger partial charge in [-0.3, -0.25) is 9.79 Å². The summed E-state index contributed by atoms with van der Waals surface area (Å²) in [6, 6.07) is 2.04. The third-order valence-electron chi connectivity index (χ3n) is 3.27. The number of carbonyl (C=O) groups is 2. The zero-order valence-electron chi connectivity index (χ0n) is 13.3. The number of ether oxygens (including phenoxy) is 1. The average molecular weight is 356 g/mol. The molecular formula is C16H18F2N2O3S. The number of esters is 1. The van der Waals surface area contributed by atoms with Crippen molar-refractivity contribution in [2.45, 2.75) is 32.4 Å². The molecule has 0 aliphatic carbocycles. The van der Waals surface area contributed by atoms with Crippen LogP contribution in [0.15, 0.2) is 23.2 Å². The quantitative estimate of drug-likeness (QED) is 0.793. The molecule has 1 aromatic carbocycles. The van der Waals surface area contributed by atoms with Gasteiger partial charge in [0.05, 0.1) is 24.1 Å². The van der Waals surface area contributed by atoms with Gasteiger partial charge in [0.2, 0.25) is 5.91 Å². The number of aliphatic imine (C=N–C) groups is 1. The first-order chi connectivity index (χ1) is 11.4. The molecule has 1 heterocycles. The molecule has 0 spiro atoms. The van der Waals surface area contributed by atoms with Crippen LogP contribution in [-0.4, -0.2) is 41.4 Å². The highest BCUT2D eigenvalue weighted by Crippen LogP contribution is 2.21. The molecule has 1 aliphatic rings. The minimum absolute atomic E-state index is 0.141. The Morgan fingerprint density at radius 1 is 1.38 bits per heavy atom. The highest BCUT2D eigenvalue weighted by atomic mass is 32.2. The molecule has 1 N–H and O–H groups in total. The minimum atomic E-state index is -0.723. The molecule has 130 valence electrons. The van der Waals surface area contributed by atoms with Gasteiger partial charge in [-0.2, -0.15) is 0 Å². The normalized spacial score (nSPS) is 18.0. The Labute approximate surface area is 142 Å². The van der Waals surface area contributed by atoms with E-state index in [4.69, 9.17) is 4.74 Å². The standard InChI is InChI=1S/C16H18F2N2O3S/c1-3-23-16(22)13-8-24-15(20-13)9(2)19-14(21)6-10-4-11(17)7-12(18)5-10/h4-5,7,9,13H,3,6,8H2,1-2H3,(H,19,21)/t9?,13-/m1/s1. The maximum atomic E-state index is 13.1. The van der Waals surface area contributed by atoms with Crippen LogP contribution in [-0.2, 0) is 20.7 Å². The summed E-state index contributed by atoms with van der Waals surface area (Å²) in [4.78, 5) is 27.9. The summed E-state index contributed by atoms with van der Waals surface area (Å²) in [5, 5.41) is 3.34. The Morgan fingerprint density at radius 3 is 2.67 bits per heavy atom. The van der Waals surface area contributed by atoms with E-state index in [9.17, 15) is 18.4 Å². The number of rotatable bonds is 6. The lowest BCUT2D eigenvalue weighted by molar-refractivity contribution is -0.143. The van der Waals surface area contributed by atoms with Crippen LogP contribution in [0.25, 0.3) is 0 Å². The second-order valence-corrected chi connectivity index (χ2v) is 6.33. The number of carbonyl (C=O) groups excluding carboxylic acids is 2. The maximum Gasteiger partial charge on any atom is 0.331 e. The third-order valence-corrected chi connectivity index (χ3v) is 4.50. The van der Waals surface area contributed by atoms with E-state index in [0.29, 0.717) is 17.4 Å². The zero-order chi connectivity index (χ0) is 17.7. The molecule has 8 heteroatoms. The van der Waals surface area contributed by atoms with E-state index >= 15 is 0 Å². The predicted octanol–water partition coefficient (Wildman–Crippen LogP) is 2.09. The molecule has 1 unspecified atom stereocenters.